The lowest BCUT2D eigenvalue weighted by Gasteiger charge is -2.32. The van der Waals surface area contributed by atoms with Gasteiger partial charge in [0.1, 0.15) is 0 Å². The Hall–Kier alpha value is -0.770. The molecule has 4 nitrogen and oxygen atoms in total. The minimum Gasteiger partial charge on any atom is -0.339 e. The van der Waals surface area contributed by atoms with E-state index in [9.17, 15) is 0 Å². The zero-order valence-electron chi connectivity index (χ0n) is 13.0. The zero-order chi connectivity index (χ0) is 14.1. The Labute approximate surface area is 118 Å². The minimum absolute atomic E-state index is 0.634. The molecule has 0 atom stereocenters. The van der Waals surface area contributed by atoms with E-state index in [-0.39, 0.29) is 0 Å². The molecule has 0 unspecified atom stereocenters. The first-order chi connectivity index (χ1) is 9.19. The summed E-state index contributed by atoms with van der Waals surface area (Å²) >= 11 is 0. The molecule has 3 N–H and O–H groups in total. The molecule has 1 fully saturated rings. The van der Waals surface area contributed by atoms with Gasteiger partial charge in [-0.15, -0.1) is 0 Å². The molecule has 0 aromatic rings. The maximum atomic E-state index is 5.71. The lowest BCUT2D eigenvalue weighted by atomic mass is 10.1. The summed E-state index contributed by atoms with van der Waals surface area (Å²) in [5.41, 5.74) is 2.84. The van der Waals surface area contributed by atoms with Gasteiger partial charge in [0.15, 0.2) is 0 Å². The Balaban J connectivity index is 2.64. The van der Waals surface area contributed by atoms with Crippen LogP contribution in [0.15, 0.2) is 4.99 Å². The van der Waals surface area contributed by atoms with E-state index in [1.807, 2.05) is 0 Å². The van der Waals surface area contributed by atoms with Crippen molar-refractivity contribution < 1.29 is 0 Å². The average molecular weight is 268 g/mol. The fourth-order valence-corrected chi connectivity index (χ4v) is 2.64. The maximum absolute atomic E-state index is 5.71. The second kappa shape index (κ2) is 9.18. The van der Waals surface area contributed by atoms with E-state index in [0.29, 0.717) is 6.04 Å². The van der Waals surface area contributed by atoms with E-state index >= 15 is 0 Å². The summed E-state index contributed by atoms with van der Waals surface area (Å²) in [6.07, 6.45) is 8.76. The van der Waals surface area contributed by atoms with Crippen LogP contribution in [0, 0.1) is 5.92 Å². The van der Waals surface area contributed by atoms with Crippen molar-refractivity contribution >= 4 is 5.96 Å². The van der Waals surface area contributed by atoms with Gasteiger partial charge in [-0.2, -0.15) is 0 Å². The van der Waals surface area contributed by atoms with Crippen molar-refractivity contribution in [2.75, 3.05) is 13.1 Å². The lowest BCUT2D eigenvalue weighted by Crippen LogP contribution is -2.49. The van der Waals surface area contributed by atoms with Gasteiger partial charge in [0.05, 0.1) is 0 Å². The molecule has 0 amide bonds. The Morgan fingerprint density at radius 2 is 2.05 bits per heavy atom. The minimum atomic E-state index is 0.634. The number of hydrogen-bond acceptors (Lipinski definition) is 2. The van der Waals surface area contributed by atoms with E-state index in [2.05, 4.69) is 36.1 Å². The number of unbranched alkanes of at least 4 members (excludes halogenated alkanes) is 1. The predicted octanol–water partition coefficient (Wildman–Crippen LogP) is 2.90. The Kier molecular flexibility index (Phi) is 7.87. The van der Waals surface area contributed by atoms with Gasteiger partial charge in [0.2, 0.25) is 5.96 Å². The first-order valence-corrected chi connectivity index (χ1v) is 7.96. The highest BCUT2D eigenvalue weighted by atomic mass is 15.4. The van der Waals surface area contributed by atoms with Gasteiger partial charge >= 0.3 is 0 Å². The normalized spacial score (nSPS) is 17.2. The van der Waals surface area contributed by atoms with Crippen molar-refractivity contribution in [3.8, 4) is 0 Å². The molecule has 112 valence electrons. The highest BCUT2D eigenvalue weighted by molar-refractivity contribution is 5.79. The molecule has 0 radical (unpaired) electrons. The molecule has 0 aliphatic heterocycles. The monoisotopic (exact) mass is 268 g/mol. The van der Waals surface area contributed by atoms with Crippen LogP contribution in [-0.2, 0) is 0 Å². The second-order valence-corrected chi connectivity index (χ2v) is 6.02. The SMILES string of the molecule is CCCCN=C(NN)N(CCC(C)C)C1CCCC1. The van der Waals surface area contributed by atoms with Crippen molar-refractivity contribution in [1.82, 2.24) is 10.3 Å². The molecular weight excluding hydrogens is 236 g/mol. The summed E-state index contributed by atoms with van der Waals surface area (Å²) in [4.78, 5) is 7.08. The number of nitrogens with zero attached hydrogens (tertiary/aromatic N) is 2. The number of rotatable bonds is 7. The fraction of sp³-hybridized carbons (Fsp3) is 0.933. The van der Waals surface area contributed by atoms with E-state index in [1.165, 1.54) is 38.5 Å². The summed E-state index contributed by atoms with van der Waals surface area (Å²) in [6.45, 7) is 8.68. The molecule has 0 aromatic carbocycles. The Morgan fingerprint density at radius 3 is 2.58 bits per heavy atom. The van der Waals surface area contributed by atoms with Gasteiger partial charge in [0, 0.05) is 19.1 Å². The van der Waals surface area contributed by atoms with E-state index in [1.54, 1.807) is 0 Å². The van der Waals surface area contributed by atoms with Crippen LogP contribution in [0.1, 0.15) is 65.7 Å². The first-order valence-electron chi connectivity index (χ1n) is 7.96. The van der Waals surface area contributed by atoms with Crippen LogP contribution >= 0.6 is 0 Å². The van der Waals surface area contributed by atoms with Crippen LogP contribution < -0.4 is 11.3 Å². The molecule has 0 aromatic heterocycles. The van der Waals surface area contributed by atoms with Gasteiger partial charge in [-0.3, -0.25) is 10.4 Å². The molecule has 1 rings (SSSR count). The predicted molar refractivity (Wildman–Crippen MR) is 83.0 cm³/mol. The molecule has 0 bridgehead atoms. The van der Waals surface area contributed by atoms with Gasteiger partial charge in [-0.1, -0.05) is 40.0 Å². The summed E-state index contributed by atoms with van der Waals surface area (Å²) in [6, 6.07) is 0.634. The maximum Gasteiger partial charge on any atom is 0.208 e. The van der Waals surface area contributed by atoms with Gasteiger partial charge in [-0.05, 0) is 31.6 Å². The summed E-state index contributed by atoms with van der Waals surface area (Å²) in [5.74, 6) is 7.33. The van der Waals surface area contributed by atoms with Crippen LogP contribution in [0.25, 0.3) is 0 Å². The molecule has 19 heavy (non-hydrogen) atoms. The zero-order valence-corrected chi connectivity index (χ0v) is 13.0. The van der Waals surface area contributed by atoms with Crippen LogP contribution in [0.3, 0.4) is 0 Å². The molecule has 1 aliphatic rings. The number of guanidine groups is 1. The van der Waals surface area contributed by atoms with Crippen LogP contribution in [0.4, 0.5) is 0 Å². The highest BCUT2D eigenvalue weighted by Gasteiger charge is 2.24. The van der Waals surface area contributed by atoms with E-state index < -0.39 is 0 Å². The number of aliphatic imine (C=N–C) groups is 1. The number of hydrogen-bond donors (Lipinski definition) is 2. The quantitative estimate of drug-likeness (QED) is 0.245. The average Bonchev–Trinajstić information content (AvgIpc) is 2.90. The Bertz CT molecular complexity index is 257. The van der Waals surface area contributed by atoms with Crippen LogP contribution in [0.2, 0.25) is 0 Å². The first kappa shape index (κ1) is 16.3. The van der Waals surface area contributed by atoms with Gasteiger partial charge < -0.3 is 4.90 Å². The van der Waals surface area contributed by atoms with Crippen molar-refractivity contribution in [2.24, 2.45) is 16.8 Å². The molecular formula is C15H32N4. The third-order valence-electron chi connectivity index (χ3n) is 3.89. The van der Waals surface area contributed by atoms with Crippen molar-refractivity contribution in [2.45, 2.75) is 71.8 Å². The second-order valence-electron chi connectivity index (χ2n) is 6.02. The highest BCUT2D eigenvalue weighted by Crippen LogP contribution is 2.24. The number of nitrogens with one attached hydrogen (secondary N) is 1. The number of hydrazine groups is 1. The third kappa shape index (κ3) is 5.81. The molecule has 0 heterocycles. The fourth-order valence-electron chi connectivity index (χ4n) is 2.64. The molecule has 0 saturated heterocycles. The molecule has 1 saturated carbocycles. The number of nitrogens with two attached hydrogens (primary N) is 1. The standard InChI is InChI=1S/C15H32N4/c1-4-5-11-17-15(18-16)19(12-10-13(2)3)14-8-6-7-9-14/h13-14H,4-12,16H2,1-3H3,(H,17,18). The van der Waals surface area contributed by atoms with Gasteiger partial charge in [-0.25, -0.2) is 5.84 Å². The van der Waals surface area contributed by atoms with Crippen molar-refractivity contribution in [3.05, 3.63) is 0 Å². The summed E-state index contributed by atoms with van der Waals surface area (Å²) in [5, 5.41) is 0. The van der Waals surface area contributed by atoms with Crippen LogP contribution in [-0.4, -0.2) is 30.0 Å². The summed E-state index contributed by atoms with van der Waals surface area (Å²) < 4.78 is 0. The molecule has 0 spiro atoms. The van der Waals surface area contributed by atoms with Crippen molar-refractivity contribution in [1.29, 1.82) is 0 Å². The largest absolute Gasteiger partial charge is 0.339 e. The molecule has 1 aliphatic carbocycles. The van der Waals surface area contributed by atoms with E-state index in [4.69, 9.17) is 5.84 Å². The van der Waals surface area contributed by atoms with Crippen molar-refractivity contribution in [3.63, 3.8) is 0 Å². The lowest BCUT2D eigenvalue weighted by molar-refractivity contribution is 0.286. The van der Waals surface area contributed by atoms with Crippen LogP contribution in [0.5, 0.6) is 0 Å². The summed E-state index contributed by atoms with van der Waals surface area (Å²) in [7, 11) is 0. The smallest absolute Gasteiger partial charge is 0.208 e. The molecule has 4 heteroatoms. The Morgan fingerprint density at radius 1 is 1.37 bits per heavy atom. The van der Waals surface area contributed by atoms with Gasteiger partial charge in [0.25, 0.3) is 0 Å². The topological polar surface area (TPSA) is 53.6 Å². The third-order valence-corrected chi connectivity index (χ3v) is 3.89. The van der Waals surface area contributed by atoms with E-state index in [0.717, 1.165) is 31.4 Å².